The van der Waals surface area contributed by atoms with Crippen LogP contribution >= 0.6 is 34.8 Å². The molecule has 0 atom stereocenters. The highest BCUT2D eigenvalue weighted by molar-refractivity contribution is 6.44. The number of hydrogen-bond donors (Lipinski definition) is 0. The van der Waals surface area contributed by atoms with Crippen LogP contribution in [0.1, 0.15) is 5.56 Å². The molecule has 0 aliphatic heterocycles. The van der Waals surface area contributed by atoms with E-state index in [9.17, 15) is 4.79 Å². The Balaban J connectivity index is 1.66. The van der Waals surface area contributed by atoms with E-state index >= 15 is 0 Å². The summed E-state index contributed by atoms with van der Waals surface area (Å²) < 4.78 is 16.9. The Morgan fingerprint density at radius 2 is 1.70 bits per heavy atom. The van der Waals surface area contributed by atoms with Crippen LogP contribution in [-0.2, 0) is 6.61 Å². The van der Waals surface area contributed by atoms with Crippen LogP contribution in [0, 0.1) is 0 Å². The van der Waals surface area contributed by atoms with Gasteiger partial charge in [0.15, 0.2) is 0 Å². The number of hydrogen-bond acceptors (Lipinski definition) is 4. The molecule has 0 saturated heterocycles. The Hall–Kier alpha value is -2.66. The van der Waals surface area contributed by atoms with E-state index in [4.69, 9.17) is 48.7 Å². The molecule has 0 amide bonds. The Bertz CT molecular complexity index is 1300. The fraction of sp³-hybridized carbons (Fsp3) is 0.0870. The molecule has 0 radical (unpaired) electrons. The fourth-order valence-electron chi connectivity index (χ4n) is 3.11. The van der Waals surface area contributed by atoms with E-state index in [0.29, 0.717) is 54.2 Å². The summed E-state index contributed by atoms with van der Waals surface area (Å²) >= 11 is 18.5. The summed E-state index contributed by atoms with van der Waals surface area (Å²) in [5.41, 5.74) is 1.92. The SMILES string of the molecule is COc1ccccc1-c1coc2cc(OCc3c(Cl)ccc(Cl)c3Cl)ccc2c1=O. The number of benzene rings is 3. The molecule has 0 fully saturated rings. The summed E-state index contributed by atoms with van der Waals surface area (Å²) in [6.07, 6.45) is 1.43. The molecular weight excluding hydrogens is 447 g/mol. The molecular formula is C23H15Cl3O4. The molecule has 0 aliphatic carbocycles. The highest BCUT2D eigenvalue weighted by Gasteiger charge is 2.14. The lowest BCUT2D eigenvalue weighted by molar-refractivity contribution is 0.306. The average molecular weight is 462 g/mol. The molecule has 4 nitrogen and oxygen atoms in total. The van der Waals surface area contributed by atoms with Crippen molar-refractivity contribution >= 4 is 45.8 Å². The van der Waals surface area contributed by atoms with Crippen molar-refractivity contribution < 1.29 is 13.9 Å². The second-order valence-electron chi connectivity index (χ2n) is 6.45. The van der Waals surface area contributed by atoms with E-state index in [0.717, 1.165) is 0 Å². The molecule has 7 heteroatoms. The molecule has 1 aromatic heterocycles. The van der Waals surface area contributed by atoms with Crippen LogP contribution in [0.5, 0.6) is 11.5 Å². The van der Waals surface area contributed by atoms with Crippen molar-refractivity contribution in [1.29, 1.82) is 0 Å². The van der Waals surface area contributed by atoms with E-state index < -0.39 is 0 Å². The summed E-state index contributed by atoms with van der Waals surface area (Å²) in [7, 11) is 1.56. The normalized spacial score (nSPS) is 10.9. The fourth-order valence-corrected chi connectivity index (χ4v) is 3.77. The first kappa shape index (κ1) is 20.6. The summed E-state index contributed by atoms with van der Waals surface area (Å²) in [6, 6.07) is 15.6. The van der Waals surface area contributed by atoms with Crippen LogP contribution < -0.4 is 14.9 Å². The molecule has 0 aliphatic rings. The highest BCUT2D eigenvalue weighted by atomic mass is 35.5. The molecule has 4 rings (SSSR count). The average Bonchev–Trinajstić information content (AvgIpc) is 2.76. The molecule has 4 aromatic rings. The first-order valence-corrected chi connectivity index (χ1v) is 10.1. The van der Waals surface area contributed by atoms with Crippen molar-refractivity contribution in [3.63, 3.8) is 0 Å². The largest absolute Gasteiger partial charge is 0.496 e. The van der Waals surface area contributed by atoms with E-state index in [1.165, 1.54) is 6.26 Å². The van der Waals surface area contributed by atoms with Crippen LogP contribution in [0.4, 0.5) is 0 Å². The van der Waals surface area contributed by atoms with Crippen molar-refractivity contribution in [3.05, 3.63) is 91.7 Å². The van der Waals surface area contributed by atoms with Gasteiger partial charge in [0.25, 0.3) is 0 Å². The molecule has 3 aromatic carbocycles. The summed E-state index contributed by atoms with van der Waals surface area (Å²) in [5.74, 6) is 1.10. The van der Waals surface area contributed by atoms with E-state index in [-0.39, 0.29) is 12.0 Å². The van der Waals surface area contributed by atoms with Crippen molar-refractivity contribution in [2.24, 2.45) is 0 Å². The number of rotatable bonds is 5. The molecule has 0 saturated carbocycles. The van der Waals surface area contributed by atoms with E-state index in [1.54, 1.807) is 43.5 Å². The minimum atomic E-state index is -0.159. The Morgan fingerprint density at radius 1 is 0.933 bits per heavy atom. The number of halogens is 3. The number of fused-ring (bicyclic) bond motifs is 1. The number of methoxy groups -OCH3 is 1. The topological polar surface area (TPSA) is 48.7 Å². The third kappa shape index (κ3) is 3.86. The van der Waals surface area contributed by atoms with Crippen LogP contribution in [0.15, 0.2) is 70.1 Å². The van der Waals surface area contributed by atoms with Gasteiger partial charge in [-0.05, 0) is 30.3 Å². The van der Waals surface area contributed by atoms with Crippen LogP contribution in [-0.4, -0.2) is 7.11 Å². The van der Waals surface area contributed by atoms with E-state index in [2.05, 4.69) is 0 Å². The molecule has 0 unspecified atom stereocenters. The molecule has 0 spiro atoms. The molecule has 0 N–H and O–H groups in total. The standard InChI is InChI=1S/C23H15Cl3O4/c1-28-20-5-3-2-4-14(20)16-11-30-21-10-13(6-7-15(21)23(16)27)29-12-17-18(24)8-9-19(25)22(17)26/h2-11H,12H2,1H3. The van der Waals surface area contributed by atoms with Crippen LogP contribution in [0.2, 0.25) is 15.1 Å². The molecule has 0 bridgehead atoms. The Kier molecular flexibility index (Phi) is 5.91. The minimum absolute atomic E-state index is 0.118. The van der Waals surface area contributed by atoms with Crippen molar-refractivity contribution in [2.45, 2.75) is 6.61 Å². The van der Waals surface area contributed by atoms with Crippen molar-refractivity contribution in [1.82, 2.24) is 0 Å². The Morgan fingerprint density at radius 3 is 2.50 bits per heavy atom. The maximum Gasteiger partial charge on any atom is 0.200 e. The minimum Gasteiger partial charge on any atom is -0.496 e. The van der Waals surface area contributed by atoms with Gasteiger partial charge in [0.1, 0.15) is 30.0 Å². The van der Waals surface area contributed by atoms with Crippen molar-refractivity contribution in [3.8, 4) is 22.6 Å². The maximum atomic E-state index is 13.0. The zero-order valence-corrected chi connectivity index (χ0v) is 18.0. The van der Waals surface area contributed by atoms with E-state index in [1.807, 2.05) is 18.2 Å². The van der Waals surface area contributed by atoms with Gasteiger partial charge < -0.3 is 13.9 Å². The van der Waals surface area contributed by atoms with Crippen LogP contribution in [0.3, 0.4) is 0 Å². The zero-order chi connectivity index (χ0) is 21.3. The van der Waals surface area contributed by atoms with Crippen molar-refractivity contribution in [2.75, 3.05) is 7.11 Å². The van der Waals surface area contributed by atoms with Gasteiger partial charge in [0, 0.05) is 22.2 Å². The van der Waals surface area contributed by atoms with Gasteiger partial charge in [0.05, 0.1) is 28.1 Å². The predicted molar refractivity (Wildman–Crippen MR) is 120 cm³/mol. The quantitative estimate of drug-likeness (QED) is 0.300. The number of para-hydroxylation sites is 1. The second-order valence-corrected chi connectivity index (χ2v) is 7.64. The monoisotopic (exact) mass is 460 g/mol. The third-order valence-corrected chi connectivity index (χ3v) is 5.86. The van der Waals surface area contributed by atoms with Gasteiger partial charge in [-0.25, -0.2) is 0 Å². The summed E-state index contributed by atoms with van der Waals surface area (Å²) in [6.45, 7) is 0.118. The molecule has 152 valence electrons. The van der Waals surface area contributed by atoms with Gasteiger partial charge in [-0.2, -0.15) is 0 Å². The Labute approximate surface area is 187 Å². The predicted octanol–water partition coefficient (Wildman–Crippen LogP) is 7.01. The first-order chi connectivity index (χ1) is 14.5. The van der Waals surface area contributed by atoms with Gasteiger partial charge in [-0.15, -0.1) is 0 Å². The summed E-state index contributed by atoms with van der Waals surface area (Å²) in [4.78, 5) is 13.0. The summed E-state index contributed by atoms with van der Waals surface area (Å²) in [5, 5.41) is 1.63. The van der Waals surface area contributed by atoms with Crippen LogP contribution in [0.25, 0.3) is 22.1 Å². The first-order valence-electron chi connectivity index (χ1n) is 8.93. The highest BCUT2D eigenvalue weighted by Crippen LogP contribution is 2.33. The van der Waals surface area contributed by atoms with Gasteiger partial charge >= 0.3 is 0 Å². The van der Waals surface area contributed by atoms with Gasteiger partial charge in [0.2, 0.25) is 5.43 Å². The second kappa shape index (κ2) is 8.60. The smallest absolute Gasteiger partial charge is 0.200 e. The molecule has 30 heavy (non-hydrogen) atoms. The van der Waals surface area contributed by atoms with Gasteiger partial charge in [-0.3, -0.25) is 4.79 Å². The lowest BCUT2D eigenvalue weighted by atomic mass is 10.0. The van der Waals surface area contributed by atoms with Gasteiger partial charge in [-0.1, -0.05) is 53.0 Å². The lowest BCUT2D eigenvalue weighted by Gasteiger charge is -2.11. The number of ether oxygens (including phenoxy) is 2. The zero-order valence-electron chi connectivity index (χ0n) is 15.7. The third-order valence-electron chi connectivity index (χ3n) is 4.67. The molecule has 1 heterocycles. The lowest BCUT2D eigenvalue weighted by Crippen LogP contribution is -2.06. The maximum absolute atomic E-state index is 13.0.